The number of methoxy groups -OCH3 is 2. The van der Waals surface area contributed by atoms with Crippen LogP contribution in [-0.4, -0.2) is 35.3 Å². The van der Waals surface area contributed by atoms with Gasteiger partial charge >= 0.3 is 11.9 Å². The van der Waals surface area contributed by atoms with E-state index in [-0.39, 0.29) is 5.69 Å². The third-order valence-corrected chi connectivity index (χ3v) is 2.50. The van der Waals surface area contributed by atoms with Gasteiger partial charge in [-0.3, -0.25) is 0 Å². The molecule has 6 nitrogen and oxygen atoms in total. The van der Waals surface area contributed by atoms with Gasteiger partial charge in [-0.25, -0.2) is 13.7 Å². The zero-order valence-corrected chi connectivity index (χ0v) is 10.5. The zero-order chi connectivity index (χ0) is 13.0. The quantitative estimate of drug-likeness (QED) is 0.493. The summed E-state index contributed by atoms with van der Waals surface area (Å²) in [6, 6.07) is 0. The molecule has 0 aromatic carbocycles. The molecule has 0 aliphatic rings. The minimum Gasteiger partial charge on any atom is -0.466 e. The van der Waals surface area contributed by atoms with Crippen LogP contribution in [0.5, 0.6) is 0 Å². The Morgan fingerprint density at radius 2 is 2.00 bits per heavy atom. The van der Waals surface area contributed by atoms with Crippen molar-refractivity contribution in [2.24, 2.45) is 0 Å². The van der Waals surface area contributed by atoms with Crippen molar-refractivity contribution in [3.05, 3.63) is 23.0 Å². The molecule has 7 heteroatoms. The zero-order valence-electron chi connectivity index (χ0n) is 9.63. The van der Waals surface area contributed by atoms with Crippen molar-refractivity contribution in [2.45, 2.75) is 6.92 Å². The van der Waals surface area contributed by atoms with Crippen molar-refractivity contribution in [3.8, 4) is 0 Å². The lowest BCUT2D eigenvalue weighted by atomic mass is 10.1. The smallest absolute Gasteiger partial charge is 0.359 e. The average Bonchev–Trinajstić information content (AvgIpc) is 2.62. The molecule has 0 fully saturated rings. The summed E-state index contributed by atoms with van der Waals surface area (Å²) in [5, 5.41) is 3.89. The Hall–Kier alpha value is -1.76. The van der Waals surface area contributed by atoms with E-state index in [4.69, 9.17) is 0 Å². The minimum absolute atomic E-state index is 0.0974. The summed E-state index contributed by atoms with van der Waals surface area (Å²) in [5.74, 6) is -1.11. The van der Waals surface area contributed by atoms with Crippen LogP contribution in [0.1, 0.15) is 21.7 Å². The molecule has 92 valence electrons. The topological polar surface area (TPSA) is 70.4 Å². The van der Waals surface area contributed by atoms with Gasteiger partial charge in [0, 0.05) is 11.6 Å². The normalized spacial score (nSPS) is 10.6. The van der Waals surface area contributed by atoms with E-state index in [0.29, 0.717) is 11.3 Å². The van der Waals surface area contributed by atoms with E-state index in [1.807, 2.05) is 0 Å². The predicted octanol–water partition coefficient (Wildman–Crippen LogP) is 0.857. The van der Waals surface area contributed by atoms with E-state index in [1.54, 1.807) is 6.92 Å². The summed E-state index contributed by atoms with van der Waals surface area (Å²) in [6.07, 6.45) is 2.64. The van der Waals surface area contributed by atoms with Crippen molar-refractivity contribution in [1.29, 1.82) is 0 Å². The highest BCUT2D eigenvalue weighted by molar-refractivity contribution is 7.78. The van der Waals surface area contributed by atoms with E-state index < -0.39 is 11.9 Å². The molecule has 1 aromatic rings. The molecule has 0 amide bonds. The van der Waals surface area contributed by atoms with E-state index in [2.05, 4.69) is 27.4 Å². The summed E-state index contributed by atoms with van der Waals surface area (Å²) in [4.78, 5) is 22.4. The number of hydrogen-bond acceptors (Lipinski definition) is 6. The third-order valence-electron chi connectivity index (χ3n) is 2.11. The standard InChI is InChI=1S/C10H12N2O4S/c1-6-7(4-5-8(13)15-2)9(10(14)16-3)11-12(6)17/h4-5,17H,1-3H3/b5-4+. The molecule has 0 bridgehead atoms. The van der Waals surface area contributed by atoms with Crippen LogP contribution in [0.15, 0.2) is 6.08 Å². The molecule has 0 saturated carbocycles. The average molecular weight is 256 g/mol. The fraction of sp³-hybridized carbons (Fsp3) is 0.300. The number of rotatable bonds is 3. The van der Waals surface area contributed by atoms with Crippen molar-refractivity contribution >= 4 is 30.8 Å². The van der Waals surface area contributed by atoms with Crippen molar-refractivity contribution < 1.29 is 19.1 Å². The van der Waals surface area contributed by atoms with Gasteiger partial charge in [0.25, 0.3) is 0 Å². The second kappa shape index (κ2) is 5.53. The van der Waals surface area contributed by atoms with Gasteiger partial charge in [0.05, 0.1) is 19.9 Å². The molecule has 0 radical (unpaired) electrons. The Labute approximate surface area is 104 Å². The summed E-state index contributed by atoms with van der Waals surface area (Å²) in [7, 11) is 2.52. The molecule has 17 heavy (non-hydrogen) atoms. The van der Waals surface area contributed by atoms with Crippen molar-refractivity contribution in [2.75, 3.05) is 14.2 Å². The molecule has 1 aromatic heterocycles. The second-order valence-electron chi connectivity index (χ2n) is 3.09. The maximum absolute atomic E-state index is 11.4. The molecular formula is C10H12N2O4S. The summed E-state index contributed by atoms with van der Waals surface area (Å²) in [6.45, 7) is 1.71. The highest BCUT2D eigenvalue weighted by atomic mass is 32.1. The maximum Gasteiger partial charge on any atom is 0.359 e. The second-order valence-corrected chi connectivity index (χ2v) is 3.46. The fourth-order valence-electron chi connectivity index (χ4n) is 1.17. The van der Waals surface area contributed by atoms with Crippen LogP contribution in [-0.2, 0) is 14.3 Å². The number of hydrogen-bond donors (Lipinski definition) is 1. The molecular weight excluding hydrogens is 244 g/mol. The van der Waals surface area contributed by atoms with Crippen LogP contribution in [0.2, 0.25) is 0 Å². The van der Waals surface area contributed by atoms with Gasteiger partial charge in [-0.2, -0.15) is 5.10 Å². The van der Waals surface area contributed by atoms with Gasteiger partial charge in [-0.15, -0.1) is 0 Å². The van der Waals surface area contributed by atoms with Gasteiger partial charge < -0.3 is 9.47 Å². The first-order valence-electron chi connectivity index (χ1n) is 4.64. The Kier molecular flexibility index (Phi) is 4.33. The van der Waals surface area contributed by atoms with Crippen LogP contribution in [0.4, 0.5) is 0 Å². The Morgan fingerprint density at radius 1 is 1.35 bits per heavy atom. The lowest BCUT2D eigenvalue weighted by molar-refractivity contribution is -0.134. The highest BCUT2D eigenvalue weighted by Gasteiger charge is 2.18. The lowest BCUT2D eigenvalue weighted by Gasteiger charge is -1.96. The lowest BCUT2D eigenvalue weighted by Crippen LogP contribution is -2.04. The van der Waals surface area contributed by atoms with Crippen LogP contribution in [0.25, 0.3) is 6.08 Å². The SMILES string of the molecule is COC(=O)/C=C/c1c(C(=O)OC)nn(S)c1C. The molecule has 0 saturated heterocycles. The number of thiol groups is 1. The number of aromatic nitrogens is 2. The van der Waals surface area contributed by atoms with Crippen LogP contribution >= 0.6 is 12.8 Å². The van der Waals surface area contributed by atoms with Gasteiger partial charge in [0.15, 0.2) is 5.69 Å². The maximum atomic E-state index is 11.4. The van der Waals surface area contributed by atoms with Crippen molar-refractivity contribution in [1.82, 2.24) is 9.19 Å². The van der Waals surface area contributed by atoms with Crippen LogP contribution in [0.3, 0.4) is 0 Å². The van der Waals surface area contributed by atoms with Crippen molar-refractivity contribution in [3.63, 3.8) is 0 Å². The largest absolute Gasteiger partial charge is 0.466 e. The monoisotopic (exact) mass is 256 g/mol. The number of nitrogens with zero attached hydrogens (tertiary/aromatic N) is 2. The molecule has 1 heterocycles. The van der Waals surface area contributed by atoms with E-state index in [1.165, 1.54) is 30.5 Å². The minimum atomic E-state index is -0.592. The predicted molar refractivity (Wildman–Crippen MR) is 63.7 cm³/mol. The van der Waals surface area contributed by atoms with E-state index in [9.17, 15) is 9.59 Å². The summed E-state index contributed by atoms with van der Waals surface area (Å²) in [5.41, 5.74) is 1.19. The molecule has 0 unspecified atom stereocenters. The number of esters is 2. The van der Waals surface area contributed by atoms with Crippen LogP contribution in [0, 0.1) is 6.92 Å². The first-order chi connectivity index (χ1) is 8.01. The Morgan fingerprint density at radius 3 is 2.53 bits per heavy atom. The number of carbonyl (C=O) groups excluding carboxylic acids is 2. The third kappa shape index (κ3) is 2.88. The Bertz CT molecular complexity index is 479. The number of carbonyl (C=O) groups is 2. The van der Waals surface area contributed by atoms with E-state index >= 15 is 0 Å². The number of ether oxygens (including phenoxy) is 2. The van der Waals surface area contributed by atoms with Crippen LogP contribution < -0.4 is 0 Å². The summed E-state index contributed by atoms with van der Waals surface area (Å²) >= 11 is 4.04. The van der Waals surface area contributed by atoms with E-state index in [0.717, 1.165) is 0 Å². The molecule has 0 atom stereocenters. The molecule has 0 spiro atoms. The van der Waals surface area contributed by atoms with Gasteiger partial charge in [-0.05, 0) is 25.8 Å². The highest BCUT2D eigenvalue weighted by Crippen LogP contribution is 2.17. The van der Waals surface area contributed by atoms with Gasteiger partial charge in [0.2, 0.25) is 0 Å². The molecule has 1 rings (SSSR count). The molecule has 0 aliphatic heterocycles. The molecule has 0 aliphatic carbocycles. The summed E-state index contributed by atoms with van der Waals surface area (Å²) < 4.78 is 10.3. The Balaban J connectivity index is 3.17. The fourth-order valence-corrected chi connectivity index (χ4v) is 1.37. The molecule has 0 N–H and O–H groups in total. The first kappa shape index (κ1) is 13.3. The van der Waals surface area contributed by atoms with Gasteiger partial charge in [-0.1, -0.05) is 0 Å². The first-order valence-corrected chi connectivity index (χ1v) is 5.04. The van der Waals surface area contributed by atoms with Gasteiger partial charge in [0.1, 0.15) is 0 Å².